The molecule has 8 nitrogen and oxygen atoms in total. The van der Waals surface area contributed by atoms with E-state index in [-0.39, 0.29) is 23.9 Å². The molecule has 0 spiro atoms. The molecule has 0 saturated carbocycles. The Labute approximate surface area is 139 Å². The Bertz CT molecular complexity index is 751. The number of imide groups is 1. The number of rotatable bonds is 3. The van der Waals surface area contributed by atoms with Crippen molar-refractivity contribution in [2.24, 2.45) is 5.11 Å². The van der Waals surface area contributed by atoms with Crippen molar-refractivity contribution in [2.45, 2.75) is 38.0 Å². The van der Waals surface area contributed by atoms with Crippen molar-refractivity contribution in [3.05, 3.63) is 39.8 Å². The monoisotopic (exact) mass is 326 g/mol. The molecule has 0 radical (unpaired) electrons. The average molecular weight is 326 g/mol. The van der Waals surface area contributed by atoms with Crippen molar-refractivity contribution < 1.29 is 9.59 Å². The summed E-state index contributed by atoms with van der Waals surface area (Å²) in [6.45, 7) is 2.90. The zero-order chi connectivity index (χ0) is 16.7. The number of hydrogen-bond acceptors (Lipinski definition) is 5. The number of anilines is 1. The molecular formula is C16H18N6O2. The molecule has 0 bridgehead atoms. The van der Waals surface area contributed by atoms with E-state index in [0.29, 0.717) is 19.4 Å². The van der Waals surface area contributed by atoms with Gasteiger partial charge in [0, 0.05) is 43.2 Å². The fraction of sp³-hybridized carbons (Fsp3) is 0.500. The lowest BCUT2D eigenvalue weighted by atomic mass is 10.0. The van der Waals surface area contributed by atoms with Crippen molar-refractivity contribution in [1.82, 2.24) is 10.2 Å². The first kappa shape index (κ1) is 15.0. The molecule has 1 unspecified atom stereocenters. The third-order valence-corrected chi connectivity index (χ3v) is 5.05. The normalized spacial score (nSPS) is 24.2. The summed E-state index contributed by atoms with van der Waals surface area (Å²) in [5.41, 5.74) is 12.1. The van der Waals surface area contributed by atoms with Gasteiger partial charge >= 0.3 is 0 Å². The van der Waals surface area contributed by atoms with E-state index in [2.05, 4.69) is 37.3 Å². The summed E-state index contributed by atoms with van der Waals surface area (Å²) in [5.74, 6) is -0.369. The number of amides is 2. The molecule has 2 fully saturated rings. The minimum Gasteiger partial charge on any atom is -0.370 e. The first-order valence-corrected chi connectivity index (χ1v) is 8.13. The molecule has 2 saturated heterocycles. The Kier molecular flexibility index (Phi) is 3.63. The second kappa shape index (κ2) is 5.81. The maximum absolute atomic E-state index is 12.1. The molecule has 24 heavy (non-hydrogen) atoms. The molecule has 2 amide bonds. The van der Waals surface area contributed by atoms with Crippen LogP contribution in [0.15, 0.2) is 23.3 Å². The molecule has 1 atom stereocenters. The van der Waals surface area contributed by atoms with E-state index < -0.39 is 0 Å². The number of piperidine rings is 1. The first-order chi connectivity index (χ1) is 11.7. The van der Waals surface area contributed by atoms with Crippen molar-refractivity contribution in [2.75, 3.05) is 18.0 Å². The molecule has 3 aliphatic rings. The number of carbonyl (C=O) groups is 2. The minimum absolute atomic E-state index is 0.0403. The molecule has 0 aliphatic carbocycles. The van der Waals surface area contributed by atoms with Gasteiger partial charge in [0.15, 0.2) is 0 Å². The summed E-state index contributed by atoms with van der Waals surface area (Å²) >= 11 is 0. The van der Waals surface area contributed by atoms with Crippen molar-refractivity contribution in [3.63, 3.8) is 0 Å². The maximum Gasteiger partial charge on any atom is 0.243 e. The third-order valence-electron chi connectivity index (χ3n) is 5.05. The van der Waals surface area contributed by atoms with Gasteiger partial charge in [-0.2, -0.15) is 0 Å². The van der Waals surface area contributed by atoms with Gasteiger partial charge in [-0.3, -0.25) is 19.8 Å². The molecule has 3 aliphatic heterocycles. The first-order valence-electron chi connectivity index (χ1n) is 8.13. The van der Waals surface area contributed by atoms with E-state index in [1.165, 1.54) is 11.1 Å². The predicted octanol–water partition coefficient (Wildman–Crippen LogP) is 1.31. The van der Waals surface area contributed by atoms with Crippen molar-refractivity contribution >= 4 is 17.5 Å². The smallest absolute Gasteiger partial charge is 0.243 e. The van der Waals surface area contributed by atoms with Gasteiger partial charge in [0.2, 0.25) is 11.8 Å². The standard InChI is InChI=1S/C16H18N6O2/c17-20-19-11-7-22(8-11)13-3-1-2-10-6-21(9-12(10)13)14-4-5-15(23)18-16(14)24/h1-3,11,14H,4-9H2,(H,18,23,24). The fourth-order valence-electron chi connectivity index (χ4n) is 3.77. The quantitative estimate of drug-likeness (QED) is 0.391. The second-order valence-corrected chi connectivity index (χ2v) is 6.55. The third kappa shape index (κ3) is 2.50. The lowest BCUT2D eigenvalue weighted by molar-refractivity contribution is -0.137. The molecular weight excluding hydrogens is 308 g/mol. The van der Waals surface area contributed by atoms with Crippen LogP contribution >= 0.6 is 0 Å². The van der Waals surface area contributed by atoms with Crippen LogP contribution in [-0.2, 0) is 22.7 Å². The zero-order valence-corrected chi connectivity index (χ0v) is 13.2. The SMILES string of the molecule is [N-]=[N+]=NC1CN(c2cccc3c2CN(C2CCC(=O)NC2=O)C3)C1. The predicted molar refractivity (Wildman–Crippen MR) is 87.0 cm³/mol. The Morgan fingerprint density at radius 3 is 2.83 bits per heavy atom. The van der Waals surface area contributed by atoms with Crippen LogP contribution in [0, 0.1) is 0 Å². The molecule has 1 aromatic rings. The van der Waals surface area contributed by atoms with E-state index >= 15 is 0 Å². The highest BCUT2D eigenvalue weighted by Gasteiger charge is 2.37. The van der Waals surface area contributed by atoms with Gasteiger partial charge in [0.1, 0.15) is 0 Å². The van der Waals surface area contributed by atoms with Crippen LogP contribution in [0.4, 0.5) is 5.69 Å². The van der Waals surface area contributed by atoms with Gasteiger partial charge in [0.05, 0.1) is 12.1 Å². The van der Waals surface area contributed by atoms with E-state index in [9.17, 15) is 9.59 Å². The summed E-state index contributed by atoms with van der Waals surface area (Å²) in [5, 5.41) is 6.18. The minimum atomic E-state index is -0.240. The fourth-order valence-corrected chi connectivity index (χ4v) is 3.77. The van der Waals surface area contributed by atoms with Crippen LogP contribution in [0.3, 0.4) is 0 Å². The second-order valence-electron chi connectivity index (χ2n) is 6.55. The Balaban J connectivity index is 1.51. The van der Waals surface area contributed by atoms with Crippen molar-refractivity contribution in [3.8, 4) is 0 Å². The summed E-state index contributed by atoms with van der Waals surface area (Å²) in [7, 11) is 0. The van der Waals surface area contributed by atoms with Crippen LogP contribution < -0.4 is 10.2 Å². The van der Waals surface area contributed by atoms with E-state index in [4.69, 9.17) is 5.53 Å². The van der Waals surface area contributed by atoms with Gasteiger partial charge in [0.25, 0.3) is 0 Å². The lowest BCUT2D eigenvalue weighted by Gasteiger charge is -2.39. The largest absolute Gasteiger partial charge is 0.370 e. The number of carbonyl (C=O) groups excluding carboxylic acids is 2. The Morgan fingerprint density at radius 2 is 2.08 bits per heavy atom. The maximum atomic E-state index is 12.1. The summed E-state index contributed by atoms with van der Waals surface area (Å²) in [6, 6.07) is 6.01. The molecule has 1 aromatic carbocycles. The van der Waals surface area contributed by atoms with E-state index in [1.54, 1.807) is 0 Å². The van der Waals surface area contributed by atoms with Gasteiger partial charge < -0.3 is 4.90 Å². The number of benzene rings is 1. The van der Waals surface area contributed by atoms with Crippen LogP contribution in [0.5, 0.6) is 0 Å². The van der Waals surface area contributed by atoms with Gasteiger partial charge in [-0.05, 0) is 29.1 Å². The molecule has 4 rings (SSSR count). The molecule has 8 heteroatoms. The topological polar surface area (TPSA) is 101 Å². The van der Waals surface area contributed by atoms with Gasteiger partial charge in [-0.1, -0.05) is 17.2 Å². The van der Waals surface area contributed by atoms with Crippen molar-refractivity contribution in [1.29, 1.82) is 0 Å². The van der Waals surface area contributed by atoms with Crippen LogP contribution in [0.25, 0.3) is 10.4 Å². The zero-order valence-electron chi connectivity index (χ0n) is 13.2. The summed E-state index contributed by atoms with van der Waals surface area (Å²) < 4.78 is 0. The van der Waals surface area contributed by atoms with Crippen LogP contribution in [-0.4, -0.2) is 41.9 Å². The molecule has 124 valence electrons. The van der Waals surface area contributed by atoms with Crippen LogP contribution in [0.1, 0.15) is 24.0 Å². The molecule has 1 N–H and O–H groups in total. The molecule has 3 heterocycles. The van der Waals surface area contributed by atoms with E-state index in [0.717, 1.165) is 25.3 Å². The average Bonchev–Trinajstić information content (AvgIpc) is 2.94. The highest BCUT2D eigenvalue weighted by Crippen LogP contribution is 2.36. The number of nitrogens with zero attached hydrogens (tertiary/aromatic N) is 5. The number of nitrogens with one attached hydrogen (secondary N) is 1. The summed E-state index contributed by atoms with van der Waals surface area (Å²) in [6.07, 6.45) is 0.979. The highest BCUT2D eigenvalue weighted by molar-refractivity contribution is 6.00. The highest BCUT2D eigenvalue weighted by atomic mass is 16.2. The van der Waals surface area contributed by atoms with E-state index in [1.807, 2.05) is 6.07 Å². The van der Waals surface area contributed by atoms with Gasteiger partial charge in [-0.15, -0.1) is 0 Å². The van der Waals surface area contributed by atoms with Gasteiger partial charge in [-0.25, -0.2) is 0 Å². The number of hydrogen-bond donors (Lipinski definition) is 1. The number of azide groups is 1. The Hall–Kier alpha value is -2.57. The molecule has 0 aromatic heterocycles. The number of fused-ring (bicyclic) bond motifs is 1. The lowest BCUT2D eigenvalue weighted by Crippen LogP contribution is -2.51. The van der Waals surface area contributed by atoms with Crippen LogP contribution in [0.2, 0.25) is 0 Å². The summed E-state index contributed by atoms with van der Waals surface area (Å²) in [4.78, 5) is 30.7. The Morgan fingerprint density at radius 1 is 1.25 bits per heavy atom.